The minimum absolute atomic E-state index is 0.0301. The summed E-state index contributed by atoms with van der Waals surface area (Å²) < 4.78 is 13.0. The number of methoxy groups -OCH3 is 1. The summed E-state index contributed by atoms with van der Waals surface area (Å²) >= 11 is 3.41. The van der Waals surface area contributed by atoms with E-state index in [1.807, 2.05) is 32.0 Å². The Morgan fingerprint density at radius 3 is 2.87 bits per heavy atom. The average Bonchev–Trinajstić information content (AvgIpc) is 2.76. The summed E-state index contributed by atoms with van der Waals surface area (Å²) in [5.41, 5.74) is 0.959. The molecule has 3 aromatic rings. The molecule has 0 N–H and O–H groups in total. The molecule has 3 rings (SSSR count). The fraction of sp³-hybridized carbons (Fsp3) is 0.273. The summed E-state index contributed by atoms with van der Waals surface area (Å²) in [6.07, 6.45) is 2.33. The van der Waals surface area contributed by atoms with Crippen LogP contribution in [-0.2, 0) is 0 Å². The molecule has 8 heteroatoms. The smallest absolute Gasteiger partial charge is 0.282 e. The van der Waals surface area contributed by atoms with Crippen LogP contribution in [0.3, 0.4) is 0 Å². The van der Waals surface area contributed by atoms with Crippen molar-refractivity contribution in [1.29, 1.82) is 5.26 Å². The molecule has 1 aromatic heterocycles. The van der Waals surface area contributed by atoms with Crippen molar-refractivity contribution in [3.05, 3.63) is 62.6 Å². The fourth-order valence-electron chi connectivity index (χ4n) is 2.95. The van der Waals surface area contributed by atoms with E-state index < -0.39 is 0 Å². The summed E-state index contributed by atoms with van der Waals surface area (Å²) in [5.74, 6) is 1.47. The van der Waals surface area contributed by atoms with Crippen LogP contribution in [-0.4, -0.2) is 29.6 Å². The number of ether oxygens (including phenoxy) is 2. The van der Waals surface area contributed by atoms with Gasteiger partial charge in [0, 0.05) is 16.0 Å². The maximum atomic E-state index is 13.2. The lowest BCUT2D eigenvalue weighted by Gasteiger charge is -2.14. The largest absolute Gasteiger partial charge is 0.493 e. The van der Waals surface area contributed by atoms with Gasteiger partial charge in [0.05, 0.1) is 24.2 Å². The molecular formula is C22H21BrN4O3. The molecule has 0 fully saturated rings. The highest BCUT2D eigenvalue weighted by Crippen LogP contribution is 2.30. The molecule has 1 atom stereocenters. The number of rotatable bonds is 7. The first-order valence-electron chi connectivity index (χ1n) is 9.43. The molecule has 0 aliphatic carbocycles. The molecule has 0 aliphatic heterocycles. The van der Waals surface area contributed by atoms with Gasteiger partial charge in [0.15, 0.2) is 18.1 Å². The predicted octanol–water partition coefficient (Wildman–Crippen LogP) is 4.47. The Morgan fingerprint density at radius 1 is 1.37 bits per heavy atom. The van der Waals surface area contributed by atoms with E-state index >= 15 is 0 Å². The van der Waals surface area contributed by atoms with Gasteiger partial charge in [-0.15, -0.1) is 0 Å². The Labute approximate surface area is 182 Å². The van der Waals surface area contributed by atoms with E-state index in [1.165, 1.54) is 18.0 Å². The summed E-state index contributed by atoms with van der Waals surface area (Å²) in [6.45, 7) is 3.91. The summed E-state index contributed by atoms with van der Waals surface area (Å²) in [7, 11) is 1.52. The van der Waals surface area contributed by atoms with Crippen LogP contribution in [0.25, 0.3) is 10.9 Å². The fourth-order valence-corrected chi connectivity index (χ4v) is 3.31. The van der Waals surface area contributed by atoms with Gasteiger partial charge in [-0.1, -0.05) is 35.8 Å². The lowest BCUT2D eigenvalue weighted by atomic mass is 10.1. The Hall–Kier alpha value is -3.18. The monoisotopic (exact) mass is 468 g/mol. The zero-order valence-corrected chi connectivity index (χ0v) is 18.5. The third kappa shape index (κ3) is 4.36. The molecule has 0 unspecified atom stereocenters. The Morgan fingerprint density at radius 2 is 2.17 bits per heavy atom. The van der Waals surface area contributed by atoms with Crippen molar-refractivity contribution in [2.75, 3.05) is 13.7 Å². The maximum Gasteiger partial charge on any atom is 0.282 e. The topological polar surface area (TPSA) is 89.5 Å². The van der Waals surface area contributed by atoms with Gasteiger partial charge >= 0.3 is 0 Å². The Bertz CT molecular complexity index is 1200. The highest BCUT2D eigenvalue weighted by Gasteiger charge is 2.16. The third-order valence-corrected chi connectivity index (χ3v) is 5.20. The van der Waals surface area contributed by atoms with Crippen LogP contribution in [0.1, 0.15) is 37.6 Å². The second kappa shape index (κ2) is 9.55. The second-order valence-corrected chi connectivity index (χ2v) is 7.54. The number of hydrogen-bond donors (Lipinski definition) is 0. The minimum atomic E-state index is -0.254. The summed E-state index contributed by atoms with van der Waals surface area (Å²) in [6, 6.07) is 12.7. The Kier molecular flexibility index (Phi) is 6.85. The van der Waals surface area contributed by atoms with Crippen molar-refractivity contribution >= 4 is 33.0 Å². The Balaban J connectivity index is 2.18. The molecule has 0 bridgehead atoms. The normalized spacial score (nSPS) is 12.1. The van der Waals surface area contributed by atoms with Crippen molar-refractivity contribution in [3.8, 4) is 17.6 Å². The molecule has 0 radical (unpaired) electrons. The first-order chi connectivity index (χ1) is 14.5. The highest BCUT2D eigenvalue weighted by molar-refractivity contribution is 9.10. The van der Waals surface area contributed by atoms with Crippen LogP contribution in [0.2, 0.25) is 0 Å². The number of nitrogens with zero attached hydrogens (tertiary/aromatic N) is 4. The lowest BCUT2D eigenvalue weighted by Crippen LogP contribution is -2.23. The van der Waals surface area contributed by atoms with Gasteiger partial charge in [-0.2, -0.15) is 15.0 Å². The molecule has 0 aliphatic rings. The van der Waals surface area contributed by atoms with Gasteiger partial charge in [0.25, 0.3) is 5.56 Å². The summed E-state index contributed by atoms with van der Waals surface area (Å²) in [4.78, 5) is 17.9. The summed E-state index contributed by atoms with van der Waals surface area (Å²) in [5, 5.41) is 13.8. The van der Waals surface area contributed by atoms with E-state index in [9.17, 15) is 4.79 Å². The zero-order chi connectivity index (χ0) is 21.7. The highest BCUT2D eigenvalue weighted by atomic mass is 79.9. The average molecular weight is 469 g/mol. The van der Waals surface area contributed by atoms with Gasteiger partial charge in [-0.3, -0.25) is 4.79 Å². The van der Waals surface area contributed by atoms with Crippen molar-refractivity contribution in [3.63, 3.8) is 0 Å². The number of para-hydroxylation sites is 1. The lowest BCUT2D eigenvalue weighted by molar-refractivity contribution is 0.329. The first kappa shape index (κ1) is 21.5. The van der Waals surface area contributed by atoms with E-state index in [2.05, 4.69) is 21.0 Å². The van der Waals surface area contributed by atoms with Gasteiger partial charge in [0.2, 0.25) is 0 Å². The quantitative estimate of drug-likeness (QED) is 0.477. The number of nitriles is 1. The van der Waals surface area contributed by atoms with E-state index in [1.54, 1.807) is 24.3 Å². The van der Waals surface area contributed by atoms with Crippen molar-refractivity contribution in [1.82, 2.24) is 9.66 Å². The van der Waals surface area contributed by atoms with Crippen molar-refractivity contribution < 1.29 is 9.47 Å². The molecule has 0 saturated heterocycles. The van der Waals surface area contributed by atoms with Gasteiger partial charge in [-0.25, -0.2) is 4.98 Å². The maximum absolute atomic E-state index is 13.2. The van der Waals surface area contributed by atoms with E-state index in [0.29, 0.717) is 33.8 Å². The third-order valence-electron chi connectivity index (χ3n) is 4.71. The van der Waals surface area contributed by atoms with Crippen LogP contribution in [0.4, 0.5) is 0 Å². The number of halogens is 1. The molecule has 0 saturated carbocycles. The van der Waals surface area contributed by atoms with E-state index in [4.69, 9.17) is 19.7 Å². The molecule has 2 aromatic carbocycles. The van der Waals surface area contributed by atoms with Gasteiger partial charge < -0.3 is 9.47 Å². The standard InChI is InChI=1S/C22H21BrN4O3/c1-4-14(2)21-26-18-9-8-16(23)12-17(18)22(28)27(21)25-13-15-6-5-7-19(29-3)20(15)30-11-10-24/h5-9,12-14H,4,11H2,1-3H3/t14-/m1/s1. The van der Waals surface area contributed by atoms with E-state index in [0.717, 1.165) is 10.9 Å². The van der Waals surface area contributed by atoms with Crippen LogP contribution in [0.15, 0.2) is 50.8 Å². The molecule has 154 valence electrons. The molecule has 0 spiro atoms. The second-order valence-electron chi connectivity index (χ2n) is 6.63. The molecule has 30 heavy (non-hydrogen) atoms. The zero-order valence-electron chi connectivity index (χ0n) is 16.9. The number of fused-ring (bicyclic) bond motifs is 1. The molecule has 7 nitrogen and oxygen atoms in total. The van der Waals surface area contributed by atoms with Crippen molar-refractivity contribution in [2.45, 2.75) is 26.2 Å². The van der Waals surface area contributed by atoms with Crippen LogP contribution in [0, 0.1) is 11.3 Å². The molecular weight excluding hydrogens is 448 g/mol. The number of hydrogen-bond acceptors (Lipinski definition) is 6. The van der Waals surface area contributed by atoms with Crippen molar-refractivity contribution in [2.24, 2.45) is 5.10 Å². The van der Waals surface area contributed by atoms with Gasteiger partial charge in [0.1, 0.15) is 11.9 Å². The molecule has 0 amide bonds. The van der Waals surface area contributed by atoms with Crippen LogP contribution < -0.4 is 15.0 Å². The van der Waals surface area contributed by atoms with Gasteiger partial charge in [-0.05, 0) is 36.8 Å². The SMILES string of the molecule is CC[C@@H](C)c1nc2ccc(Br)cc2c(=O)n1N=Cc1cccc(OC)c1OCC#N. The number of aromatic nitrogens is 2. The van der Waals surface area contributed by atoms with Crippen LogP contribution in [0.5, 0.6) is 11.5 Å². The predicted molar refractivity (Wildman–Crippen MR) is 120 cm³/mol. The van der Waals surface area contributed by atoms with E-state index in [-0.39, 0.29) is 18.1 Å². The number of benzene rings is 2. The molecule has 1 heterocycles. The van der Waals surface area contributed by atoms with Crippen LogP contribution >= 0.6 is 15.9 Å². The minimum Gasteiger partial charge on any atom is -0.493 e. The first-order valence-corrected chi connectivity index (χ1v) is 10.2.